The van der Waals surface area contributed by atoms with Gasteiger partial charge in [-0.3, -0.25) is 9.69 Å². The van der Waals surface area contributed by atoms with Crippen molar-refractivity contribution < 1.29 is 30.0 Å². The van der Waals surface area contributed by atoms with Crippen LogP contribution in [0.1, 0.15) is 33.1 Å². The van der Waals surface area contributed by atoms with Crippen LogP contribution < -0.4 is 5.32 Å². The molecule has 0 bridgehead atoms. The number of carbonyl (C=O) groups excluding carboxylic acids is 1. The molecule has 0 aliphatic carbocycles. The maximum atomic E-state index is 12.8. The van der Waals surface area contributed by atoms with Crippen molar-refractivity contribution in [3.63, 3.8) is 0 Å². The molecule has 2 aliphatic rings. The van der Waals surface area contributed by atoms with Crippen LogP contribution in [0, 0.1) is 5.92 Å². The quantitative estimate of drug-likeness (QED) is 0.360. The first kappa shape index (κ1) is 25.9. The van der Waals surface area contributed by atoms with Crippen LogP contribution >= 0.6 is 24.2 Å². The number of hydrogen-bond donors (Lipinski definition) is 5. The molecule has 10 heteroatoms. The van der Waals surface area contributed by atoms with Crippen LogP contribution in [0.4, 0.5) is 0 Å². The second-order valence-corrected chi connectivity index (χ2v) is 8.73. The number of aliphatic hydroxyl groups is 4. The minimum Gasteiger partial charge on any atom is -0.391 e. The van der Waals surface area contributed by atoms with Gasteiger partial charge < -0.3 is 30.5 Å². The van der Waals surface area contributed by atoms with E-state index in [1.54, 1.807) is 6.26 Å². The topological polar surface area (TPSA) is 122 Å². The van der Waals surface area contributed by atoms with Crippen LogP contribution in [0.3, 0.4) is 0 Å². The first-order valence-corrected chi connectivity index (χ1v) is 10.9. The normalized spacial score (nSPS) is 38.5. The predicted molar refractivity (Wildman–Crippen MR) is 110 cm³/mol. The summed E-state index contributed by atoms with van der Waals surface area (Å²) in [6.07, 6.45) is -1.50. The van der Waals surface area contributed by atoms with Gasteiger partial charge in [0.15, 0.2) is 0 Å². The fourth-order valence-corrected chi connectivity index (χ4v) is 4.81. The van der Waals surface area contributed by atoms with Gasteiger partial charge in [-0.25, -0.2) is 0 Å². The molecule has 3 unspecified atom stereocenters. The number of likely N-dealkylation sites (N-methyl/N-ethyl adjacent to an activating group) is 1. The summed E-state index contributed by atoms with van der Waals surface area (Å²) in [6, 6.07) is -1.20. The van der Waals surface area contributed by atoms with Crippen LogP contribution in [0.5, 0.6) is 0 Å². The summed E-state index contributed by atoms with van der Waals surface area (Å²) < 4.78 is 5.72. The molecule has 0 spiro atoms. The fourth-order valence-electron chi connectivity index (χ4n) is 4.13. The van der Waals surface area contributed by atoms with E-state index in [-0.39, 0.29) is 24.4 Å². The SMILES string of the molecule is CCC[C@H]1C[C@@H](C(=O)NC(C(C)O)C2O[C@H](SC)[C@H](O)[C@@H](O)[C@H]2O)N(C)C1.Cl. The van der Waals surface area contributed by atoms with Crippen molar-refractivity contribution in [3.8, 4) is 0 Å². The Morgan fingerprint density at radius 3 is 2.46 bits per heavy atom. The number of aliphatic hydroxyl groups excluding tert-OH is 4. The standard InChI is InChI=1S/C18H34N2O6S.ClH/c1-5-6-10-7-11(20(3)8-10)17(25)19-12(9(2)21)16-14(23)13(22)15(24)18(26-16)27-4;/h9-16,18,21-24H,5-8H2,1-4H3,(H,19,25);1H/t9?,10-,11-,12?,13-,14+,15+,16?,18+;/m0./s1. The average molecular weight is 443 g/mol. The lowest BCUT2D eigenvalue weighted by molar-refractivity contribution is -0.211. The second kappa shape index (κ2) is 11.3. The Labute approximate surface area is 177 Å². The third-order valence-electron chi connectivity index (χ3n) is 5.66. The average Bonchev–Trinajstić information content (AvgIpc) is 2.99. The molecule has 0 saturated carbocycles. The van der Waals surface area contributed by atoms with Gasteiger partial charge in [-0.15, -0.1) is 24.2 Å². The van der Waals surface area contributed by atoms with Crippen molar-refractivity contribution in [2.75, 3.05) is 19.8 Å². The van der Waals surface area contributed by atoms with Crippen molar-refractivity contribution in [1.82, 2.24) is 10.2 Å². The number of ether oxygens (including phenoxy) is 1. The lowest BCUT2D eigenvalue weighted by Gasteiger charge is -2.44. The van der Waals surface area contributed by atoms with Gasteiger partial charge in [-0.2, -0.15) is 0 Å². The monoisotopic (exact) mass is 442 g/mol. The van der Waals surface area contributed by atoms with Crippen LogP contribution in [0.25, 0.3) is 0 Å². The zero-order valence-corrected chi connectivity index (χ0v) is 18.5. The van der Waals surface area contributed by atoms with E-state index < -0.39 is 42.0 Å². The number of halogens is 1. The molecule has 2 fully saturated rings. The summed E-state index contributed by atoms with van der Waals surface area (Å²) in [4.78, 5) is 14.9. The lowest BCUT2D eigenvalue weighted by atomic mass is 9.92. The Bertz CT molecular complexity index is 501. The van der Waals surface area contributed by atoms with E-state index in [0.717, 1.165) is 25.8 Å². The van der Waals surface area contributed by atoms with Crippen LogP contribution in [0.2, 0.25) is 0 Å². The minimum atomic E-state index is -1.42. The van der Waals surface area contributed by atoms with E-state index in [0.29, 0.717) is 5.92 Å². The molecule has 8 nitrogen and oxygen atoms in total. The number of hydrogen-bond acceptors (Lipinski definition) is 8. The van der Waals surface area contributed by atoms with Crippen molar-refractivity contribution in [1.29, 1.82) is 0 Å². The van der Waals surface area contributed by atoms with Gasteiger partial charge >= 0.3 is 0 Å². The summed E-state index contributed by atoms with van der Waals surface area (Å²) in [7, 11) is 1.91. The molecular weight excluding hydrogens is 408 g/mol. The zero-order valence-electron chi connectivity index (χ0n) is 16.9. The van der Waals surface area contributed by atoms with Gasteiger partial charge in [0.25, 0.3) is 0 Å². The van der Waals surface area contributed by atoms with Crippen molar-refractivity contribution in [3.05, 3.63) is 0 Å². The van der Waals surface area contributed by atoms with E-state index in [1.165, 1.54) is 18.7 Å². The third kappa shape index (κ3) is 5.72. The molecule has 0 radical (unpaired) electrons. The Hall–Kier alpha value is -0.130. The summed E-state index contributed by atoms with van der Waals surface area (Å²) >= 11 is 1.20. The second-order valence-electron chi connectivity index (χ2n) is 7.80. The summed E-state index contributed by atoms with van der Waals surface area (Å²) in [5.74, 6) is 0.245. The van der Waals surface area contributed by atoms with Gasteiger partial charge in [0.1, 0.15) is 29.9 Å². The zero-order chi connectivity index (χ0) is 20.3. The molecule has 9 atom stereocenters. The van der Waals surface area contributed by atoms with E-state index >= 15 is 0 Å². The Balaban J connectivity index is 0.00000392. The molecule has 0 aromatic heterocycles. The van der Waals surface area contributed by atoms with Gasteiger partial charge in [-0.05, 0) is 39.0 Å². The number of amides is 1. The molecule has 2 aliphatic heterocycles. The summed E-state index contributed by atoms with van der Waals surface area (Å²) in [5.41, 5.74) is -0.755. The highest BCUT2D eigenvalue weighted by Gasteiger charge is 2.48. The first-order chi connectivity index (χ1) is 12.7. The number of nitrogens with zero attached hydrogens (tertiary/aromatic N) is 1. The smallest absolute Gasteiger partial charge is 0.237 e. The van der Waals surface area contributed by atoms with Gasteiger partial charge in [0.2, 0.25) is 5.91 Å². The molecule has 2 heterocycles. The highest BCUT2D eigenvalue weighted by atomic mass is 35.5. The van der Waals surface area contributed by atoms with Crippen LogP contribution in [0.15, 0.2) is 0 Å². The number of rotatable bonds is 7. The van der Waals surface area contributed by atoms with Gasteiger partial charge in [0, 0.05) is 6.54 Å². The molecule has 28 heavy (non-hydrogen) atoms. The largest absolute Gasteiger partial charge is 0.391 e. The highest BCUT2D eigenvalue weighted by molar-refractivity contribution is 7.99. The maximum absolute atomic E-state index is 12.8. The van der Waals surface area contributed by atoms with E-state index in [1.807, 2.05) is 11.9 Å². The first-order valence-electron chi connectivity index (χ1n) is 9.62. The molecule has 2 rings (SSSR count). The molecule has 2 saturated heterocycles. The van der Waals surface area contributed by atoms with E-state index in [4.69, 9.17) is 4.74 Å². The lowest BCUT2D eigenvalue weighted by Crippen LogP contribution is -2.65. The van der Waals surface area contributed by atoms with E-state index in [9.17, 15) is 25.2 Å². The Kier molecular flexibility index (Phi) is 10.5. The van der Waals surface area contributed by atoms with E-state index in [2.05, 4.69) is 12.2 Å². The van der Waals surface area contributed by atoms with Gasteiger partial charge in [0.05, 0.1) is 18.2 Å². The number of thioether (sulfide) groups is 1. The third-order valence-corrected chi connectivity index (χ3v) is 6.51. The molecule has 0 aromatic carbocycles. The van der Waals surface area contributed by atoms with Crippen LogP contribution in [-0.4, -0.2) is 99.1 Å². The molecule has 0 aromatic rings. The Morgan fingerprint density at radius 2 is 1.93 bits per heavy atom. The number of carbonyl (C=O) groups is 1. The fraction of sp³-hybridized carbons (Fsp3) is 0.944. The van der Waals surface area contributed by atoms with Crippen molar-refractivity contribution in [2.24, 2.45) is 5.92 Å². The molecule has 5 N–H and O–H groups in total. The molecular formula is C18H35ClN2O6S. The number of nitrogens with one attached hydrogen (secondary N) is 1. The molecule has 1 amide bonds. The summed E-state index contributed by atoms with van der Waals surface area (Å²) in [5, 5.41) is 43.5. The maximum Gasteiger partial charge on any atom is 0.237 e. The summed E-state index contributed by atoms with van der Waals surface area (Å²) in [6.45, 7) is 4.48. The van der Waals surface area contributed by atoms with Crippen LogP contribution in [-0.2, 0) is 9.53 Å². The van der Waals surface area contributed by atoms with Crippen molar-refractivity contribution in [2.45, 2.75) is 81.1 Å². The van der Waals surface area contributed by atoms with Crippen molar-refractivity contribution >= 4 is 30.1 Å². The minimum absolute atomic E-state index is 0. The molecule has 166 valence electrons. The predicted octanol–water partition coefficient (Wildman–Crippen LogP) is -0.435. The Morgan fingerprint density at radius 1 is 1.29 bits per heavy atom. The highest BCUT2D eigenvalue weighted by Crippen LogP contribution is 2.30. The van der Waals surface area contributed by atoms with Gasteiger partial charge in [-0.1, -0.05) is 13.3 Å². The number of likely N-dealkylation sites (tertiary alicyclic amines) is 1.